The topological polar surface area (TPSA) is 88.5 Å². The number of likely N-dealkylation sites (tertiary alicyclic amines) is 1. The normalized spacial score (nSPS) is 17.4. The number of benzene rings is 2. The van der Waals surface area contributed by atoms with Crippen LogP contribution in [0.3, 0.4) is 0 Å². The zero-order valence-corrected chi connectivity index (χ0v) is 20.5. The predicted octanol–water partition coefficient (Wildman–Crippen LogP) is 3.39. The summed E-state index contributed by atoms with van der Waals surface area (Å²) in [7, 11) is 6.88. The smallest absolute Gasteiger partial charge is 0.295 e. The Balaban J connectivity index is 2.20. The zero-order valence-electron chi connectivity index (χ0n) is 20.5. The fraction of sp³-hybridized carbons (Fsp3) is 0.385. The summed E-state index contributed by atoms with van der Waals surface area (Å²) in [4.78, 5) is 29.7. The highest BCUT2D eigenvalue weighted by atomic mass is 16.5. The summed E-state index contributed by atoms with van der Waals surface area (Å²) >= 11 is 0. The van der Waals surface area contributed by atoms with Gasteiger partial charge in [0.2, 0.25) is 0 Å². The first-order valence-corrected chi connectivity index (χ1v) is 11.1. The van der Waals surface area contributed by atoms with Gasteiger partial charge in [-0.25, -0.2) is 0 Å². The van der Waals surface area contributed by atoms with Crippen molar-refractivity contribution in [3.63, 3.8) is 0 Å². The summed E-state index contributed by atoms with van der Waals surface area (Å²) in [5.74, 6) is 0.0944. The number of carbonyl (C=O) groups excluding carboxylic acids is 2. The molecule has 1 N–H and O–H groups in total. The molecule has 182 valence electrons. The number of methoxy groups -OCH3 is 2. The first-order valence-electron chi connectivity index (χ1n) is 11.1. The Kier molecular flexibility index (Phi) is 7.83. The largest absolute Gasteiger partial charge is 0.507 e. The van der Waals surface area contributed by atoms with E-state index in [1.54, 1.807) is 43.5 Å². The van der Waals surface area contributed by atoms with Crippen LogP contribution in [-0.4, -0.2) is 74.6 Å². The first-order chi connectivity index (χ1) is 16.2. The Morgan fingerprint density at radius 2 is 1.79 bits per heavy atom. The number of Topliss-reactive ketones (excluding diaryl/α,β-unsaturated/α-hetero) is 1. The maximum atomic E-state index is 13.2. The highest BCUT2D eigenvalue weighted by Gasteiger charge is 2.46. The number of likely N-dealkylation sites (N-methyl/N-ethyl adjacent to an activating group) is 1. The minimum atomic E-state index is -0.772. The number of amides is 1. The molecule has 1 amide bonds. The lowest BCUT2D eigenvalue weighted by atomic mass is 9.93. The quantitative estimate of drug-likeness (QED) is 0.343. The van der Waals surface area contributed by atoms with Gasteiger partial charge in [0.15, 0.2) is 11.5 Å². The third-order valence-electron chi connectivity index (χ3n) is 5.82. The van der Waals surface area contributed by atoms with Gasteiger partial charge in [-0.3, -0.25) is 9.59 Å². The molecule has 1 aliphatic rings. The van der Waals surface area contributed by atoms with Gasteiger partial charge < -0.3 is 29.1 Å². The third kappa shape index (κ3) is 4.87. The van der Waals surface area contributed by atoms with Crippen LogP contribution in [-0.2, 0) is 9.59 Å². The molecule has 1 aliphatic heterocycles. The number of ketones is 1. The van der Waals surface area contributed by atoms with Crippen molar-refractivity contribution in [2.45, 2.75) is 19.9 Å². The van der Waals surface area contributed by atoms with E-state index in [-0.39, 0.29) is 11.3 Å². The Labute approximate surface area is 200 Å². The van der Waals surface area contributed by atoms with E-state index in [1.165, 1.54) is 12.0 Å². The number of nitrogens with zero attached hydrogens (tertiary/aromatic N) is 2. The van der Waals surface area contributed by atoms with Crippen molar-refractivity contribution in [2.75, 3.05) is 48.0 Å². The average Bonchev–Trinajstić information content (AvgIpc) is 3.07. The van der Waals surface area contributed by atoms with Gasteiger partial charge in [0.1, 0.15) is 11.5 Å². The van der Waals surface area contributed by atoms with Crippen LogP contribution in [0.1, 0.15) is 29.7 Å². The van der Waals surface area contributed by atoms with Crippen molar-refractivity contribution >= 4 is 17.4 Å². The van der Waals surface area contributed by atoms with Crippen LogP contribution in [0.2, 0.25) is 0 Å². The number of carbonyl (C=O) groups is 2. The van der Waals surface area contributed by atoms with Gasteiger partial charge >= 0.3 is 0 Å². The monoisotopic (exact) mass is 468 g/mol. The van der Waals surface area contributed by atoms with Crippen LogP contribution in [0.25, 0.3) is 5.76 Å². The number of hydrogen-bond acceptors (Lipinski definition) is 7. The Bertz CT molecular complexity index is 1110. The molecule has 8 heteroatoms. The van der Waals surface area contributed by atoms with Gasteiger partial charge in [-0.1, -0.05) is 6.07 Å². The Morgan fingerprint density at radius 3 is 2.38 bits per heavy atom. The molecular formula is C26H32N2O6. The number of aryl methyl sites for hydroxylation is 1. The predicted molar refractivity (Wildman–Crippen MR) is 129 cm³/mol. The van der Waals surface area contributed by atoms with Crippen LogP contribution in [0.15, 0.2) is 42.0 Å². The Morgan fingerprint density at radius 1 is 1.06 bits per heavy atom. The highest BCUT2D eigenvalue weighted by molar-refractivity contribution is 6.46. The fourth-order valence-electron chi connectivity index (χ4n) is 4.07. The summed E-state index contributed by atoms with van der Waals surface area (Å²) < 4.78 is 16.4. The van der Waals surface area contributed by atoms with E-state index in [1.807, 2.05) is 32.8 Å². The van der Waals surface area contributed by atoms with Crippen LogP contribution in [0.5, 0.6) is 17.2 Å². The third-order valence-corrected chi connectivity index (χ3v) is 5.82. The van der Waals surface area contributed by atoms with Crippen molar-refractivity contribution in [3.8, 4) is 17.2 Å². The molecule has 8 nitrogen and oxygen atoms in total. The molecule has 2 aromatic rings. The van der Waals surface area contributed by atoms with E-state index in [0.717, 1.165) is 5.56 Å². The lowest BCUT2D eigenvalue weighted by molar-refractivity contribution is -0.140. The second kappa shape index (κ2) is 10.6. The van der Waals surface area contributed by atoms with Crippen molar-refractivity contribution < 1.29 is 28.9 Å². The fourth-order valence-corrected chi connectivity index (χ4v) is 4.07. The summed E-state index contributed by atoms with van der Waals surface area (Å²) in [5, 5.41) is 11.3. The lowest BCUT2D eigenvalue weighted by Gasteiger charge is -2.27. The number of hydrogen-bond donors (Lipinski definition) is 1. The first kappa shape index (κ1) is 25.1. The summed E-state index contributed by atoms with van der Waals surface area (Å²) in [6, 6.07) is 9.69. The molecule has 0 aliphatic carbocycles. The van der Waals surface area contributed by atoms with Gasteiger partial charge in [-0.05, 0) is 69.4 Å². The standard InChI is InChI=1S/C26H32N2O6/c1-7-34-20-11-8-17(15-21(20)33-6)23-22(25(30)26(31)28(23)13-12-27(3)4)24(29)19-10-9-18(32-5)14-16(19)2/h8-11,14-15,23,29H,7,12-13H2,1-6H3/b24-22+. The summed E-state index contributed by atoms with van der Waals surface area (Å²) in [6.07, 6.45) is 0. The molecular weight excluding hydrogens is 436 g/mol. The van der Waals surface area contributed by atoms with Crippen molar-refractivity contribution in [2.24, 2.45) is 0 Å². The van der Waals surface area contributed by atoms with E-state index in [2.05, 4.69) is 0 Å². The van der Waals surface area contributed by atoms with Crippen LogP contribution >= 0.6 is 0 Å². The molecule has 1 unspecified atom stereocenters. The SMILES string of the molecule is CCOc1ccc(C2/C(=C(\O)c3ccc(OC)cc3C)C(=O)C(=O)N2CCN(C)C)cc1OC. The van der Waals surface area contributed by atoms with Crippen LogP contribution in [0.4, 0.5) is 0 Å². The van der Waals surface area contributed by atoms with Gasteiger partial charge in [0.05, 0.1) is 32.4 Å². The number of ether oxygens (including phenoxy) is 3. The van der Waals surface area contributed by atoms with Gasteiger partial charge in [0, 0.05) is 18.7 Å². The maximum Gasteiger partial charge on any atom is 0.295 e. The molecule has 3 rings (SSSR count). The van der Waals surface area contributed by atoms with Crippen LogP contribution < -0.4 is 14.2 Å². The van der Waals surface area contributed by atoms with E-state index < -0.39 is 17.7 Å². The van der Waals surface area contributed by atoms with Gasteiger partial charge in [0.25, 0.3) is 11.7 Å². The molecule has 2 aromatic carbocycles. The molecule has 1 fully saturated rings. The maximum absolute atomic E-state index is 13.2. The summed E-state index contributed by atoms with van der Waals surface area (Å²) in [6.45, 7) is 5.03. The molecule has 0 radical (unpaired) electrons. The molecule has 0 aromatic heterocycles. The lowest BCUT2D eigenvalue weighted by Crippen LogP contribution is -2.35. The number of aliphatic hydroxyl groups excluding tert-OH is 1. The molecule has 0 spiro atoms. The van der Waals surface area contributed by atoms with E-state index >= 15 is 0 Å². The number of aliphatic hydroxyl groups is 1. The molecule has 0 saturated carbocycles. The molecule has 0 bridgehead atoms. The molecule has 1 saturated heterocycles. The van der Waals surface area contributed by atoms with E-state index in [0.29, 0.717) is 48.1 Å². The molecule has 1 atom stereocenters. The average molecular weight is 469 g/mol. The highest BCUT2D eigenvalue weighted by Crippen LogP contribution is 2.42. The van der Waals surface area contributed by atoms with Crippen molar-refractivity contribution in [3.05, 3.63) is 58.7 Å². The summed E-state index contributed by atoms with van der Waals surface area (Å²) in [5.41, 5.74) is 1.88. The second-order valence-electron chi connectivity index (χ2n) is 8.32. The van der Waals surface area contributed by atoms with Gasteiger partial charge in [-0.2, -0.15) is 0 Å². The zero-order chi connectivity index (χ0) is 25.0. The minimum Gasteiger partial charge on any atom is -0.507 e. The van der Waals surface area contributed by atoms with Gasteiger partial charge in [-0.15, -0.1) is 0 Å². The van der Waals surface area contributed by atoms with Crippen LogP contribution in [0, 0.1) is 6.92 Å². The molecule has 34 heavy (non-hydrogen) atoms. The Hall–Kier alpha value is -3.52. The minimum absolute atomic E-state index is 0.0447. The number of rotatable bonds is 9. The molecule has 1 heterocycles. The van der Waals surface area contributed by atoms with E-state index in [4.69, 9.17) is 14.2 Å². The van der Waals surface area contributed by atoms with Crippen molar-refractivity contribution in [1.29, 1.82) is 0 Å². The second-order valence-corrected chi connectivity index (χ2v) is 8.32. The van der Waals surface area contributed by atoms with E-state index in [9.17, 15) is 14.7 Å². The van der Waals surface area contributed by atoms with Crippen molar-refractivity contribution in [1.82, 2.24) is 9.80 Å².